The number of carbonyl (C=O) groups excluding carboxylic acids is 3. The van der Waals surface area contributed by atoms with Gasteiger partial charge in [-0.05, 0) is 55.4 Å². The Hall–Kier alpha value is -4.27. The maximum Gasteiger partial charge on any atom is 0.240 e. The van der Waals surface area contributed by atoms with Crippen molar-refractivity contribution in [3.63, 3.8) is 0 Å². The van der Waals surface area contributed by atoms with Crippen molar-refractivity contribution >= 4 is 46.9 Å². The van der Waals surface area contributed by atoms with Gasteiger partial charge in [-0.1, -0.05) is 42.5 Å². The van der Waals surface area contributed by atoms with E-state index in [1.807, 2.05) is 74.6 Å². The highest BCUT2D eigenvalue weighted by atomic mass is 16.2. The maximum atomic E-state index is 12.9. The number of nitrogens with zero attached hydrogens (tertiary/aromatic N) is 3. The van der Waals surface area contributed by atoms with E-state index in [1.165, 1.54) is 0 Å². The van der Waals surface area contributed by atoms with Crippen molar-refractivity contribution < 1.29 is 14.4 Å². The molecule has 0 spiro atoms. The zero-order valence-corrected chi connectivity index (χ0v) is 22.7. The summed E-state index contributed by atoms with van der Waals surface area (Å²) < 4.78 is 0. The molecule has 1 fully saturated rings. The molecule has 4 rings (SSSR count). The van der Waals surface area contributed by atoms with Crippen molar-refractivity contribution in [3.8, 4) is 0 Å². The third-order valence-corrected chi connectivity index (χ3v) is 7.09. The van der Waals surface area contributed by atoms with Crippen LogP contribution in [0.15, 0.2) is 72.8 Å². The highest BCUT2D eigenvalue weighted by Gasteiger charge is 2.19. The SMILES string of the molecule is C/C(=C(\Nc1ccc(N(C)C(=O)CN2CCN(C)CC2)cc1)c1ccccc1)c1ccc(C=O)cc1NC=O. The number of aldehydes is 1. The van der Waals surface area contributed by atoms with Crippen LogP contribution in [-0.4, -0.2) is 75.2 Å². The molecule has 0 atom stereocenters. The zero-order valence-electron chi connectivity index (χ0n) is 22.7. The van der Waals surface area contributed by atoms with Gasteiger partial charge in [0.15, 0.2) is 0 Å². The van der Waals surface area contributed by atoms with E-state index in [-0.39, 0.29) is 5.91 Å². The lowest BCUT2D eigenvalue weighted by Crippen LogP contribution is -2.48. The number of anilines is 3. The molecule has 0 unspecified atom stereocenters. The van der Waals surface area contributed by atoms with Crippen molar-refractivity contribution in [2.24, 2.45) is 0 Å². The average molecular weight is 526 g/mol. The molecule has 39 heavy (non-hydrogen) atoms. The molecule has 0 radical (unpaired) electrons. The number of likely N-dealkylation sites (N-methyl/N-ethyl adjacent to an activating group) is 2. The van der Waals surface area contributed by atoms with Gasteiger partial charge in [0, 0.05) is 67.1 Å². The van der Waals surface area contributed by atoms with E-state index in [9.17, 15) is 14.4 Å². The molecule has 0 aromatic heterocycles. The van der Waals surface area contributed by atoms with E-state index in [0.29, 0.717) is 24.2 Å². The van der Waals surface area contributed by atoms with Crippen LogP contribution in [0.2, 0.25) is 0 Å². The highest BCUT2D eigenvalue weighted by Crippen LogP contribution is 2.32. The molecule has 3 aromatic rings. The normalized spacial score (nSPS) is 14.7. The fourth-order valence-electron chi connectivity index (χ4n) is 4.63. The van der Waals surface area contributed by atoms with Crippen LogP contribution in [0.1, 0.15) is 28.4 Å². The van der Waals surface area contributed by atoms with Gasteiger partial charge in [-0.3, -0.25) is 19.3 Å². The number of rotatable bonds is 10. The number of hydrogen-bond donors (Lipinski definition) is 2. The molecular formula is C31H35N5O3. The van der Waals surface area contributed by atoms with Gasteiger partial charge in [0.25, 0.3) is 0 Å². The van der Waals surface area contributed by atoms with Crippen molar-refractivity contribution in [2.45, 2.75) is 6.92 Å². The van der Waals surface area contributed by atoms with E-state index in [0.717, 1.165) is 66.2 Å². The first-order chi connectivity index (χ1) is 18.9. The third kappa shape index (κ3) is 6.98. The lowest BCUT2D eigenvalue weighted by molar-refractivity contribution is -0.119. The summed E-state index contributed by atoms with van der Waals surface area (Å²) in [5, 5.41) is 6.25. The predicted molar refractivity (Wildman–Crippen MR) is 158 cm³/mol. The van der Waals surface area contributed by atoms with Crippen LogP contribution < -0.4 is 15.5 Å². The fraction of sp³-hybridized carbons (Fsp3) is 0.258. The molecule has 202 valence electrons. The fourth-order valence-corrected chi connectivity index (χ4v) is 4.63. The van der Waals surface area contributed by atoms with Crippen molar-refractivity contribution in [2.75, 3.05) is 62.4 Å². The van der Waals surface area contributed by atoms with Gasteiger partial charge in [0.1, 0.15) is 6.29 Å². The molecule has 3 aromatic carbocycles. The smallest absolute Gasteiger partial charge is 0.240 e. The standard InChI is InChI=1S/C31H35N5O3/c1-23(28-14-9-24(21-37)19-29(28)32-22-38)31(25-7-5-4-6-8-25)33-26-10-12-27(13-11-26)35(3)30(39)20-36-17-15-34(2)16-18-36/h4-14,19,21-22,33H,15-18,20H2,1-3H3,(H,32,38)/b31-23+. The Labute approximate surface area is 229 Å². The van der Waals surface area contributed by atoms with E-state index < -0.39 is 0 Å². The van der Waals surface area contributed by atoms with Gasteiger partial charge < -0.3 is 20.4 Å². The number of carbonyl (C=O) groups is 3. The zero-order chi connectivity index (χ0) is 27.8. The Bertz CT molecular complexity index is 1330. The minimum absolute atomic E-state index is 0.0648. The van der Waals surface area contributed by atoms with E-state index in [1.54, 1.807) is 17.0 Å². The third-order valence-electron chi connectivity index (χ3n) is 7.09. The molecule has 0 aliphatic carbocycles. The summed E-state index contributed by atoms with van der Waals surface area (Å²) in [7, 11) is 3.91. The first-order valence-corrected chi connectivity index (χ1v) is 13.0. The van der Waals surface area contributed by atoms with Gasteiger partial charge in [0.05, 0.1) is 6.54 Å². The van der Waals surface area contributed by atoms with Crippen LogP contribution in [-0.2, 0) is 9.59 Å². The number of nitrogens with one attached hydrogen (secondary N) is 2. The maximum absolute atomic E-state index is 12.9. The van der Waals surface area contributed by atoms with Crippen LogP contribution in [0, 0.1) is 0 Å². The number of benzene rings is 3. The van der Waals surface area contributed by atoms with Crippen molar-refractivity contribution in [1.29, 1.82) is 0 Å². The van der Waals surface area contributed by atoms with Gasteiger partial charge in [-0.2, -0.15) is 0 Å². The molecule has 1 aliphatic heterocycles. The first-order valence-electron chi connectivity index (χ1n) is 13.0. The van der Waals surface area contributed by atoms with Gasteiger partial charge in [0.2, 0.25) is 12.3 Å². The summed E-state index contributed by atoms with van der Waals surface area (Å²) in [6.07, 6.45) is 1.36. The lowest BCUT2D eigenvalue weighted by atomic mass is 9.97. The average Bonchev–Trinajstić information content (AvgIpc) is 2.97. The summed E-state index contributed by atoms with van der Waals surface area (Å²) in [4.78, 5) is 41.7. The van der Waals surface area contributed by atoms with E-state index in [4.69, 9.17) is 0 Å². The molecule has 1 heterocycles. The van der Waals surface area contributed by atoms with Crippen LogP contribution in [0.25, 0.3) is 11.3 Å². The van der Waals surface area contributed by atoms with Crippen molar-refractivity contribution in [3.05, 3.63) is 89.5 Å². The predicted octanol–water partition coefficient (Wildman–Crippen LogP) is 4.28. The Morgan fingerprint density at radius 1 is 0.949 bits per heavy atom. The molecule has 1 saturated heterocycles. The quantitative estimate of drug-likeness (QED) is 0.304. The summed E-state index contributed by atoms with van der Waals surface area (Å²) in [6, 6.07) is 22.9. The number of allylic oxidation sites excluding steroid dienone is 1. The number of amides is 2. The summed E-state index contributed by atoms with van der Waals surface area (Å²) >= 11 is 0. The minimum atomic E-state index is 0.0648. The lowest BCUT2D eigenvalue weighted by Gasteiger charge is -2.32. The molecule has 2 N–H and O–H groups in total. The second kappa shape index (κ2) is 13.0. The summed E-state index contributed by atoms with van der Waals surface area (Å²) in [5.41, 5.74) is 6.22. The topological polar surface area (TPSA) is 85.0 Å². The summed E-state index contributed by atoms with van der Waals surface area (Å²) in [5.74, 6) is 0.0648. The van der Waals surface area contributed by atoms with Gasteiger partial charge >= 0.3 is 0 Å². The Morgan fingerprint density at radius 2 is 1.64 bits per heavy atom. The Morgan fingerprint density at radius 3 is 2.28 bits per heavy atom. The first kappa shape index (κ1) is 27.8. The largest absolute Gasteiger partial charge is 0.355 e. The second-order valence-corrected chi connectivity index (χ2v) is 9.76. The van der Waals surface area contributed by atoms with Crippen LogP contribution in [0.3, 0.4) is 0 Å². The van der Waals surface area contributed by atoms with Crippen molar-refractivity contribution in [1.82, 2.24) is 9.80 Å². The second-order valence-electron chi connectivity index (χ2n) is 9.76. The van der Waals surface area contributed by atoms with Gasteiger partial charge in [-0.25, -0.2) is 0 Å². The molecular weight excluding hydrogens is 490 g/mol. The molecule has 0 bridgehead atoms. The highest BCUT2D eigenvalue weighted by molar-refractivity contribution is 6.00. The molecule has 8 heteroatoms. The monoisotopic (exact) mass is 525 g/mol. The molecule has 2 amide bonds. The van der Waals surface area contributed by atoms with Crippen LogP contribution >= 0.6 is 0 Å². The number of piperazine rings is 1. The van der Waals surface area contributed by atoms with Crippen LogP contribution in [0.5, 0.6) is 0 Å². The van der Waals surface area contributed by atoms with Crippen LogP contribution in [0.4, 0.5) is 17.1 Å². The number of hydrogen-bond acceptors (Lipinski definition) is 6. The van der Waals surface area contributed by atoms with Gasteiger partial charge in [-0.15, -0.1) is 0 Å². The molecule has 0 saturated carbocycles. The molecule has 8 nitrogen and oxygen atoms in total. The minimum Gasteiger partial charge on any atom is -0.355 e. The summed E-state index contributed by atoms with van der Waals surface area (Å²) in [6.45, 7) is 6.12. The Kier molecular flexibility index (Phi) is 9.25. The Balaban J connectivity index is 1.58. The van der Waals surface area contributed by atoms with E-state index >= 15 is 0 Å². The molecule has 1 aliphatic rings. The van der Waals surface area contributed by atoms with E-state index in [2.05, 4.69) is 27.5 Å².